The zero-order chi connectivity index (χ0) is 30.2. The third kappa shape index (κ3) is 6.64. The topological polar surface area (TPSA) is 162 Å². The summed E-state index contributed by atoms with van der Waals surface area (Å²) in [4.78, 5) is 33.6. The van der Waals surface area contributed by atoms with E-state index in [1.165, 1.54) is 31.6 Å². The van der Waals surface area contributed by atoms with Crippen LogP contribution in [0.25, 0.3) is 16.9 Å². The molecule has 4 aromatic rings. The van der Waals surface area contributed by atoms with Crippen LogP contribution in [0.2, 0.25) is 0 Å². The number of rotatable bonds is 13. The van der Waals surface area contributed by atoms with Gasteiger partial charge < -0.3 is 32.2 Å². The molecule has 2 heterocycles. The first-order valence-corrected chi connectivity index (χ1v) is 13.5. The maximum Gasteiger partial charge on any atom is 0.251 e. The number of carbonyl (C=O) groups is 2. The van der Waals surface area contributed by atoms with Crippen LogP contribution in [-0.2, 0) is 11.2 Å². The molecule has 42 heavy (non-hydrogen) atoms. The molecule has 13 heteroatoms. The van der Waals surface area contributed by atoms with E-state index < -0.39 is 17.7 Å². The van der Waals surface area contributed by atoms with E-state index in [0.29, 0.717) is 54.2 Å². The van der Waals surface area contributed by atoms with E-state index in [1.54, 1.807) is 22.7 Å². The van der Waals surface area contributed by atoms with Crippen LogP contribution in [0.5, 0.6) is 5.75 Å². The second-order valence-corrected chi connectivity index (χ2v) is 9.49. The Kier molecular flexibility index (Phi) is 9.99. The van der Waals surface area contributed by atoms with Crippen LogP contribution in [-0.4, -0.2) is 59.0 Å². The van der Waals surface area contributed by atoms with Crippen molar-refractivity contribution in [3.8, 4) is 17.0 Å². The maximum atomic E-state index is 14.8. The number of benzene rings is 2. The van der Waals surface area contributed by atoms with E-state index in [9.17, 15) is 18.4 Å². The number of anilines is 2. The van der Waals surface area contributed by atoms with E-state index in [1.807, 2.05) is 13.0 Å². The summed E-state index contributed by atoms with van der Waals surface area (Å²) in [5.74, 6) is -2.48. The van der Waals surface area contributed by atoms with E-state index in [2.05, 4.69) is 25.9 Å². The number of nitrogens with one attached hydrogen (secondary N) is 3. The normalized spacial score (nSPS) is 11.8. The summed E-state index contributed by atoms with van der Waals surface area (Å²) in [6.45, 7) is 2.89. The molecule has 0 unspecified atom stereocenters. The van der Waals surface area contributed by atoms with Gasteiger partial charge in [-0.25, -0.2) is 14.4 Å². The van der Waals surface area contributed by atoms with E-state index in [-0.39, 0.29) is 36.2 Å². The SMILES string of the molecule is CCc1cc(Nc2nccn3c(-c4ccc(OC)c(F)c4F)cnc23)ccc1C(=O)NCCNC(=O)[C@@H](N)CCCN. The summed E-state index contributed by atoms with van der Waals surface area (Å²) >= 11 is 0. The number of imidazole rings is 1. The van der Waals surface area contributed by atoms with E-state index in [4.69, 9.17) is 16.2 Å². The molecule has 0 radical (unpaired) electrons. The standard InChI is InChI=1S/C29H34F2N8O3/c1-3-17-15-18(6-7-19(17)28(40)35-11-12-36-29(41)21(33)5-4-10-32)38-26-27-37-16-22(39(27)14-13-34-26)20-8-9-23(42-2)25(31)24(20)30/h6-9,13-16,21H,3-5,10-12,32-33H2,1-2H3,(H,34,38)(H,35,40)(H,36,41)/t21-/m0/s1. The maximum absolute atomic E-state index is 14.8. The minimum Gasteiger partial charge on any atom is -0.494 e. The number of halogens is 2. The third-order valence-electron chi connectivity index (χ3n) is 6.73. The van der Waals surface area contributed by atoms with E-state index >= 15 is 0 Å². The molecule has 2 aromatic carbocycles. The Labute approximate surface area is 241 Å². The quantitative estimate of drug-likeness (QED) is 0.151. The van der Waals surface area contributed by atoms with Crippen molar-refractivity contribution in [3.63, 3.8) is 0 Å². The molecule has 0 aliphatic heterocycles. The number of hydrogen-bond acceptors (Lipinski definition) is 8. The van der Waals surface area contributed by atoms with Gasteiger partial charge in [-0.05, 0) is 61.7 Å². The molecular weight excluding hydrogens is 546 g/mol. The number of aryl methyl sites for hydroxylation is 1. The van der Waals surface area contributed by atoms with Gasteiger partial charge >= 0.3 is 0 Å². The Balaban J connectivity index is 1.45. The lowest BCUT2D eigenvalue weighted by Crippen LogP contribution is -2.43. The predicted molar refractivity (Wildman–Crippen MR) is 156 cm³/mol. The van der Waals surface area contributed by atoms with Gasteiger partial charge in [-0.1, -0.05) is 6.92 Å². The number of hydrogen-bond donors (Lipinski definition) is 5. The molecule has 0 aliphatic rings. The third-order valence-corrected chi connectivity index (χ3v) is 6.73. The first-order valence-electron chi connectivity index (χ1n) is 13.5. The van der Waals surface area contributed by atoms with E-state index in [0.717, 1.165) is 5.56 Å². The molecule has 0 saturated carbocycles. The molecular formula is C29H34F2N8O3. The fourth-order valence-corrected chi connectivity index (χ4v) is 4.47. The van der Waals surface area contributed by atoms with Gasteiger partial charge in [0.2, 0.25) is 11.7 Å². The average Bonchev–Trinajstić information content (AvgIpc) is 3.44. The monoisotopic (exact) mass is 580 g/mol. The van der Waals surface area contributed by atoms with Crippen LogP contribution < -0.4 is 32.2 Å². The second-order valence-electron chi connectivity index (χ2n) is 9.49. The molecule has 0 saturated heterocycles. The summed E-state index contributed by atoms with van der Waals surface area (Å²) in [5, 5.41) is 8.73. The largest absolute Gasteiger partial charge is 0.494 e. The molecule has 11 nitrogen and oxygen atoms in total. The number of ether oxygens (including phenoxy) is 1. The zero-order valence-electron chi connectivity index (χ0n) is 23.4. The lowest BCUT2D eigenvalue weighted by molar-refractivity contribution is -0.122. The number of fused-ring (bicyclic) bond motifs is 1. The van der Waals surface area contributed by atoms with Gasteiger partial charge in [-0.3, -0.25) is 14.0 Å². The number of nitrogens with zero attached hydrogens (tertiary/aromatic N) is 3. The first kappa shape index (κ1) is 30.3. The minimum absolute atomic E-state index is 0.0237. The minimum atomic E-state index is -1.08. The zero-order valence-corrected chi connectivity index (χ0v) is 23.4. The predicted octanol–water partition coefficient (Wildman–Crippen LogP) is 2.90. The van der Waals surface area contributed by atoms with Crippen LogP contribution in [0.1, 0.15) is 35.7 Å². The Bertz CT molecular complexity index is 1580. The summed E-state index contributed by atoms with van der Waals surface area (Å²) in [5.41, 5.74) is 14.0. The van der Waals surface area contributed by atoms with Crippen molar-refractivity contribution in [2.24, 2.45) is 11.5 Å². The highest BCUT2D eigenvalue weighted by molar-refractivity contribution is 5.96. The fourth-order valence-electron chi connectivity index (χ4n) is 4.47. The molecule has 1 atom stereocenters. The van der Waals surface area contributed by atoms with Crippen molar-refractivity contribution < 1.29 is 23.1 Å². The molecule has 0 aliphatic carbocycles. The molecule has 0 spiro atoms. The van der Waals surface area contributed by atoms with Gasteiger partial charge in [-0.15, -0.1) is 0 Å². The molecule has 0 bridgehead atoms. The van der Waals surface area contributed by atoms with Crippen LogP contribution >= 0.6 is 0 Å². The van der Waals surface area contributed by atoms with Crippen molar-refractivity contribution in [1.82, 2.24) is 25.0 Å². The molecule has 222 valence electrons. The highest BCUT2D eigenvalue weighted by atomic mass is 19.2. The van der Waals surface area contributed by atoms with Gasteiger partial charge in [0, 0.05) is 42.3 Å². The Morgan fingerprint density at radius 3 is 2.62 bits per heavy atom. The Hall–Kier alpha value is -4.62. The summed E-state index contributed by atoms with van der Waals surface area (Å²) in [7, 11) is 1.27. The number of methoxy groups -OCH3 is 1. The molecule has 4 rings (SSSR count). The fraction of sp³-hybridized carbons (Fsp3) is 0.310. The van der Waals surface area contributed by atoms with Crippen molar-refractivity contribution in [1.29, 1.82) is 0 Å². The van der Waals surface area contributed by atoms with Crippen molar-refractivity contribution in [2.45, 2.75) is 32.2 Å². The van der Waals surface area contributed by atoms with Crippen LogP contribution in [0.4, 0.5) is 20.3 Å². The summed E-state index contributed by atoms with van der Waals surface area (Å²) in [6, 6.07) is 7.42. The molecule has 2 amide bonds. The average molecular weight is 581 g/mol. The number of aromatic nitrogens is 3. The Morgan fingerprint density at radius 1 is 1.10 bits per heavy atom. The lowest BCUT2D eigenvalue weighted by Gasteiger charge is -2.14. The van der Waals surface area contributed by atoms with Gasteiger partial charge in [0.25, 0.3) is 5.91 Å². The second kappa shape index (κ2) is 13.8. The lowest BCUT2D eigenvalue weighted by atomic mass is 10.0. The molecule has 0 fully saturated rings. The van der Waals surface area contributed by atoms with Gasteiger partial charge in [-0.2, -0.15) is 4.39 Å². The smallest absolute Gasteiger partial charge is 0.251 e. The van der Waals surface area contributed by atoms with Gasteiger partial charge in [0.1, 0.15) is 0 Å². The molecule has 2 aromatic heterocycles. The molecule has 7 N–H and O–H groups in total. The van der Waals surface area contributed by atoms with Crippen molar-refractivity contribution in [3.05, 3.63) is 71.7 Å². The van der Waals surface area contributed by atoms with Gasteiger partial charge in [0.05, 0.1) is 25.0 Å². The Morgan fingerprint density at radius 2 is 1.88 bits per heavy atom. The highest BCUT2D eigenvalue weighted by Gasteiger charge is 2.19. The summed E-state index contributed by atoms with van der Waals surface area (Å²) in [6.07, 6.45) is 6.31. The van der Waals surface area contributed by atoms with Gasteiger partial charge in [0.15, 0.2) is 23.0 Å². The first-order chi connectivity index (χ1) is 20.3. The van der Waals surface area contributed by atoms with Crippen LogP contribution in [0.3, 0.4) is 0 Å². The number of carbonyl (C=O) groups excluding carboxylic acids is 2. The number of nitrogens with two attached hydrogens (primary N) is 2. The summed E-state index contributed by atoms with van der Waals surface area (Å²) < 4.78 is 35.6. The number of amides is 2. The van der Waals surface area contributed by atoms with Crippen LogP contribution in [0, 0.1) is 11.6 Å². The van der Waals surface area contributed by atoms with Crippen molar-refractivity contribution >= 4 is 29.0 Å². The highest BCUT2D eigenvalue weighted by Crippen LogP contribution is 2.31. The van der Waals surface area contributed by atoms with Crippen LogP contribution in [0.15, 0.2) is 48.9 Å². The van der Waals surface area contributed by atoms with Crippen molar-refractivity contribution in [2.75, 3.05) is 32.1 Å².